The van der Waals surface area contributed by atoms with Gasteiger partial charge < -0.3 is 15.2 Å². The van der Waals surface area contributed by atoms with Gasteiger partial charge in [0, 0.05) is 6.54 Å². The molecule has 1 heterocycles. The first-order valence-electron chi connectivity index (χ1n) is 6.75. The molecule has 0 saturated heterocycles. The minimum Gasteiger partial charge on any atom is -0.493 e. The highest BCUT2D eigenvalue weighted by Gasteiger charge is 2.13. The summed E-state index contributed by atoms with van der Waals surface area (Å²) >= 11 is 3.52. The molecule has 0 radical (unpaired) electrons. The second-order valence-electron chi connectivity index (χ2n) is 4.43. The molecule has 6 nitrogen and oxygen atoms in total. The molecular weight excluding hydrogens is 336 g/mol. The van der Waals surface area contributed by atoms with Gasteiger partial charge in [-0.05, 0) is 53.5 Å². The molecule has 21 heavy (non-hydrogen) atoms. The number of ether oxygens (including phenoxy) is 2. The summed E-state index contributed by atoms with van der Waals surface area (Å²) in [5, 5.41) is 4.12. The third kappa shape index (κ3) is 3.74. The van der Waals surface area contributed by atoms with Gasteiger partial charge in [-0.3, -0.25) is 0 Å². The van der Waals surface area contributed by atoms with Crippen molar-refractivity contribution < 1.29 is 9.47 Å². The topological polar surface area (TPSA) is 75.2 Å². The molecule has 0 saturated carbocycles. The molecular formula is C14H19BrN4O2. The summed E-state index contributed by atoms with van der Waals surface area (Å²) in [4.78, 5) is 4.19. The monoisotopic (exact) mass is 354 g/mol. The molecule has 0 amide bonds. The Morgan fingerprint density at radius 1 is 1.38 bits per heavy atom. The molecule has 114 valence electrons. The molecule has 0 aliphatic rings. The Bertz CT molecular complexity index is 601. The summed E-state index contributed by atoms with van der Waals surface area (Å²) in [7, 11) is 1.62. The zero-order chi connectivity index (χ0) is 15.2. The van der Waals surface area contributed by atoms with Crippen molar-refractivity contribution in [1.29, 1.82) is 0 Å². The van der Waals surface area contributed by atoms with E-state index in [0.29, 0.717) is 24.7 Å². The number of aryl methyl sites for hydroxylation is 1. The standard InChI is InChI=1S/C14H19BrN4O2/c1-3-19-13(17-9-18-19)8-21-14-11(15)6-10(4-5-16)7-12(14)20-2/h6-7,9H,3-5,8,16H2,1-2H3. The van der Waals surface area contributed by atoms with E-state index in [2.05, 4.69) is 26.0 Å². The fourth-order valence-corrected chi connectivity index (χ4v) is 2.63. The number of nitrogens with two attached hydrogens (primary N) is 1. The van der Waals surface area contributed by atoms with E-state index in [9.17, 15) is 0 Å². The lowest BCUT2D eigenvalue weighted by molar-refractivity contribution is 0.268. The molecule has 0 aliphatic heterocycles. The second-order valence-corrected chi connectivity index (χ2v) is 5.28. The van der Waals surface area contributed by atoms with Crippen LogP contribution in [0.3, 0.4) is 0 Å². The summed E-state index contributed by atoms with van der Waals surface area (Å²) in [6.45, 7) is 3.69. The maximum atomic E-state index is 5.85. The van der Waals surface area contributed by atoms with E-state index in [1.54, 1.807) is 11.8 Å². The van der Waals surface area contributed by atoms with Crippen LogP contribution in [0.4, 0.5) is 0 Å². The van der Waals surface area contributed by atoms with E-state index in [-0.39, 0.29) is 0 Å². The lowest BCUT2D eigenvalue weighted by Crippen LogP contribution is -2.08. The Labute approximate surface area is 132 Å². The zero-order valence-electron chi connectivity index (χ0n) is 12.2. The van der Waals surface area contributed by atoms with Gasteiger partial charge >= 0.3 is 0 Å². The van der Waals surface area contributed by atoms with E-state index in [4.69, 9.17) is 15.2 Å². The smallest absolute Gasteiger partial charge is 0.176 e. The van der Waals surface area contributed by atoms with Crippen LogP contribution in [0.5, 0.6) is 11.5 Å². The lowest BCUT2D eigenvalue weighted by Gasteiger charge is -2.14. The molecule has 2 rings (SSSR count). The van der Waals surface area contributed by atoms with Crippen LogP contribution in [0, 0.1) is 0 Å². The highest BCUT2D eigenvalue weighted by molar-refractivity contribution is 9.10. The maximum absolute atomic E-state index is 5.85. The molecule has 0 unspecified atom stereocenters. The number of nitrogens with zero attached hydrogens (tertiary/aromatic N) is 3. The van der Waals surface area contributed by atoms with Gasteiger partial charge in [-0.1, -0.05) is 0 Å². The number of methoxy groups -OCH3 is 1. The second kappa shape index (κ2) is 7.42. The first-order chi connectivity index (χ1) is 10.2. The molecule has 0 atom stereocenters. The molecule has 0 bridgehead atoms. The van der Waals surface area contributed by atoms with Crippen molar-refractivity contribution in [3.8, 4) is 11.5 Å². The quantitative estimate of drug-likeness (QED) is 0.824. The summed E-state index contributed by atoms with van der Waals surface area (Å²) in [5.41, 5.74) is 6.69. The number of halogens is 1. The minimum atomic E-state index is 0.332. The van der Waals surface area contributed by atoms with E-state index in [1.807, 2.05) is 19.1 Å². The highest BCUT2D eigenvalue weighted by Crippen LogP contribution is 2.37. The van der Waals surface area contributed by atoms with Gasteiger partial charge in [-0.2, -0.15) is 5.10 Å². The molecule has 1 aromatic carbocycles. The summed E-state index contributed by atoms with van der Waals surface area (Å²) < 4.78 is 13.9. The Morgan fingerprint density at radius 2 is 2.19 bits per heavy atom. The van der Waals surface area contributed by atoms with Gasteiger partial charge in [0.2, 0.25) is 0 Å². The Balaban J connectivity index is 2.19. The SMILES string of the molecule is CCn1ncnc1COc1c(Br)cc(CCN)cc1OC. The van der Waals surface area contributed by atoms with Gasteiger partial charge in [0.1, 0.15) is 12.9 Å². The minimum absolute atomic E-state index is 0.332. The van der Waals surface area contributed by atoms with Gasteiger partial charge in [0.15, 0.2) is 17.3 Å². The predicted molar refractivity (Wildman–Crippen MR) is 83.5 cm³/mol. The van der Waals surface area contributed by atoms with Gasteiger partial charge in [0.25, 0.3) is 0 Å². The largest absolute Gasteiger partial charge is 0.493 e. The van der Waals surface area contributed by atoms with E-state index in [0.717, 1.165) is 28.8 Å². The molecule has 7 heteroatoms. The van der Waals surface area contributed by atoms with E-state index < -0.39 is 0 Å². The van der Waals surface area contributed by atoms with Crippen molar-refractivity contribution >= 4 is 15.9 Å². The number of hydrogen-bond acceptors (Lipinski definition) is 5. The normalized spacial score (nSPS) is 10.7. The summed E-state index contributed by atoms with van der Waals surface area (Å²) in [6.07, 6.45) is 2.32. The molecule has 1 aromatic heterocycles. The van der Waals surface area contributed by atoms with Gasteiger partial charge in [-0.15, -0.1) is 0 Å². The van der Waals surface area contributed by atoms with Crippen LogP contribution in [-0.4, -0.2) is 28.4 Å². The third-order valence-corrected chi connectivity index (χ3v) is 3.65. The average molecular weight is 355 g/mol. The van der Waals surface area contributed by atoms with E-state index >= 15 is 0 Å². The molecule has 0 spiro atoms. The Kier molecular flexibility index (Phi) is 5.58. The van der Waals surface area contributed by atoms with Crippen molar-refractivity contribution in [2.75, 3.05) is 13.7 Å². The number of hydrogen-bond donors (Lipinski definition) is 1. The average Bonchev–Trinajstić information content (AvgIpc) is 2.93. The molecule has 0 fully saturated rings. The third-order valence-electron chi connectivity index (χ3n) is 3.06. The van der Waals surface area contributed by atoms with Gasteiger partial charge in [0.05, 0.1) is 11.6 Å². The van der Waals surface area contributed by atoms with Gasteiger partial charge in [-0.25, -0.2) is 9.67 Å². The predicted octanol–water partition coefficient (Wildman–Crippen LogP) is 2.15. The zero-order valence-corrected chi connectivity index (χ0v) is 13.8. The molecule has 2 aromatic rings. The fourth-order valence-electron chi connectivity index (χ4n) is 2.03. The van der Waals surface area contributed by atoms with Crippen molar-refractivity contribution in [3.63, 3.8) is 0 Å². The number of aromatic nitrogens is 3. The molecule has 2 N–H and O–H groups in total. The van der Waals surface area contributed by atoms with Crippen LogP contribution in [0.2, 0.25) is 0 Å². The lowest BCUT2D eigenvalue weighted by atomic mass is 10.1. The van der Waals surface area contributed by atoms with Crippen LogP contribution in [0.1, 0.15) is 18.3 Å². The fraction of sp³-hybridized carbons (Fsp3) is 0.429. The first kappa shape index (κ1) is 15.8. The van der Waals surface area contributed by atoms with Crippen molar-refractivity contribution in [1.82, 2.24) is 14.8 Å². The van der Waals surface area contributed by atoms with Crippen molar-refractivity contribution in [2.45, 2.75) is 26.5 Å². The molecule has 0 aliphatic carbocycles. The van der Waals surface area contributed by atoms with Crippen LogP contribution in [-0.2, 0) is 19.6 Å². The van der Waals surface area contributed by atoms with Crippen LogP contribution in [0.25, 0.3) is 0 Å². The van der Waals surface area contributed by atoms with Crippen LogP contribution >= 0.6 is 15.9 Å². The Morgan fingerprint density at radius 3 is 2.86 bits per heavy atom. The summed E-state index contributed by atoms with van der Waals surface area (Å²) in [6, 6.07) is 3.94. The van der Waals surface area contributed by atoms with Crippen molar-refractivity contribution in [2.24, 2.45) is 5.73 Å². The van der Waals surface area contributed by atoms with E-state index in [1.165, 1.54) is 6.33 Å². The van der Waals surface area contributed by atoms with Crippen LogP contribution < -0.4 is 15.2 Å². The number of rotatable bonds is 7. The highest BCUT2D eigenvalue weighted by atomic mass is 79.9. The van der Waals surface area contributed by atoms with Crippen molar-refractivity contribution in [3.05, 3.63) is 34.3 Å². The van der Waals surface area contributed by atoms with Crippen LogP contribution in [0.15, 0.2) is 22.9 Å². The first-order valence-corrected chi connectivity index (χ1v) is 7.54. The maximum Gasteiger partial charge on any atom is 0.176 e. The Hall–Kier alpha value is -1.60. The number of benzene rings is 1. The summed E-state index contributed by atoms with van der Waals surface area (Å²) in [5.74, 6) is 2.11.